The van der Waals surface area contributed by atoms with Crippen LogP contribution in [0.1, 0.15) is 32.3 Å². The van der Waals surface area contributed by atoms with E-state index in [-0.39, 0.29) is 30.8 Å². The van der Waals surface area contributed by atoms with Crippen LogP contribution < -0.4 is 11.1 Å². The van der Waals surface area contributed by atoms with E-state index in [9.17, 15) is 14.7 Å². The smallest absolute Gasteiger partial charge is 0.237 e. The monoisotopic (exact) mass is 424 g/mol. The molecule has 1 aliphatic rings. The van der Waals surface area contributed by atoms with Gasteiger partial charge in [-0.3, -0.25) is 14.6 Å². The zero-order valence-electron chi connectivity index (χ0n) is 18.2. The number of pyridine rings is 1. The van der Waals surface area contributed by atoms with Crippen LogP contribution in [-0.4, -0.2) is 58.1 Å². The average molecular weight is 425 g/mol. The van der Waals surface area contributed by atoms with Crippen molar-refractivity contribution in [1.29, 1.82) is 0 Å². The zero-order chi connectivity index (χ0) is 22.4. The van der Waals surface area contributed by atoms with Gasteiger partial charge in [0.1, 0.15) is 0 Å². The highest BCUT2D eigenvalue weighted by atomic mass is 16.3. The van der Waals surface area contributed by atoms with Gasteiger partial charge < -0.3 is 21.1 Å². The van der Waals surface area contributed by atoms with Crippen LogP contribution in [0.5, 0.6) is 0 Å². The number of amides is 2. The molecular weight excluding hydrogens is 392 g/mol. The summed E-state index contributed by atoms with van der Waals surface area (Å²) in [6.45, 7) is 4.71. The van der Waals surface area contributed by atoms with Gasteiger partial charge in [0, 0.05) is 24.8 Å². The van der Waals surface area contributed by atoms with Crippen molar-refractivity contribution in [2.75, 3.05) is 13.1 Å². The lowest BCUT2D eigenvalue weighted by molar-refractivity contribution is -0.134. The van der Waals surface area contributed by atoms with Gasteiger partial charge >= 0.3 is 0 Å². The third-order valence-corrected chi connectivity index (χ3v) is 5.57. The summed E-state index contributed by atoms with van der Waals surface area (Å²) in [6.07, 6.45) is 2.28. The molecule has 2 heterocycles. The van der Waals surface area contributed by atoms with Crippen molar-refractivity contribution in [3.05, 3.63) is 54.2 Å². The number of aliphatic hydroxyl groups excluding tert-OH is 1. The van der Waals surface area contributed by atoms with Crippen molar-refractivity contribution in [2.45, 2.75) is 51.3 Å². The number of aliphatic hydroxyl groups is 1. The number of carbonyl (C=O) groups is 2. The Morgan fingerprint density at radius 2 is 2.06 bits per heavy atom. The van der Waals surface area contributed by atoms with E-state index in [1.807, 2.05) is 56.3 Å². The zero-order valence-corrected chi connectivity index (χ0v) is 18.2. The summed E-state index contributed by atoms with van der Waals surface area (Å²) < 4.78 is 0. The Labute approximate surface area is 183 Å². The van der Waals surface area contributed by atoms with Crippen LogP contribution in [0, 0.1) is 5.92 Å². The lowest BCUT2D eigenvalue weighted by Gasteiger charge is -2.36. The minimum Gasteiger partial charge on any atom is -0.389 e. The molecule has 3 rings (SSSR count). The SMILES string of the molecule is CC(C)C[C@H](N)C(=O)NC1CCN(C(=O)Cc2cccc(-c3ccccn3)c2)CC1O. The molecule has 0 bridgehead atoms. The first-order valence-corrected chi connectivity index (χ1v) is 10.9. The molecule has 1 aliphatic heterocycles. The molecule has 166 valence electrons. The molecule has 0 spiro atoms. The predicted molar refractivity (Wildman–Crippen MR) is 120 cm³/mol. The van der Waals surface area contributed by atoms with Gasteiger partial charge in [0.15, 0.2) is 0 Å². The molecule has 7 heteroatoms. The van der Waals surface area contributed by atoms with Crippen molar-refractivity contribution < 1.29 is 14.7 Å². The number of β-amino-alcohol motifs (C(OH)–C–C–N with tert-alkyl or cyclic N) is 1. The average Bonchev–Trinajstić information content (AvgIpc) is 2.75. The van der Waals surface area contributed by atoms with E-state index in [0.717, 1.165) is 16.8 Å². The minimum atomic E-state index is -0.812. The molecule has 31 heavy (non-hydrogen) atoms. The summed E-state index contributed by atoms with van der Waals surface area (Å²) in [4.78, 5) is 31.1. The topological polar surface area (TPSA) is 109 Å². The van der Waals surface area contributed by atoms with Crippen LogP contribution in [0.4, 0.5) is 0 Å². The normalized spacial score (nSPS) is 19.8. The number of hydrogen-bond donors (Lipinski definition) is 3. The van der Waals surface area contributed by atoms with Crippen LogP contribution in [0.2, 0.25) is 0 Å². The molecule has 7 nitrogen and oxygen atoms in total. The molecule has 3 atom stereocenters. The van der Waals surface area contributed by atoms with Gasteiger partial charge in [-0.1, -0.05) is 38.1 Å². The molecule has 2 unspecified atom stereocenters. The summed E-state index contributed by atoms with van der Waals surface area (Å²) in [6, 6.07) is 12.5. The third kappa shape index (κ3) is 6.35. The van der Waals surface area contributed by atoms with E-state index < -0.39 is 12.1 Å². The van der Waals surface area contributed by atoms with E-state index in [1.165, 1.54) is 0 Å². The number of piperidine rings is 1. The number of nitrogens with two attached hydrogens (primary N) is 1. The maximum atomic E-state index is 12.8. The van der Waals surface area contributed by atoms with Crippen LogP contribution in [-0.2, 0) is 16.0 Å². The number of rotatable bonds is 7. The number of nitrogens with one attached hydrogen (secondary N) is 1. The summed E-state index contributed by atoms with van der Waals surface area (Å²) in [5, 5.41) is 13.4. The summed E-state index contributed by atoms with van der Waals surface area (Å²) in [7, 11) is 0. The molecule has 4 N–H and O–H groups in total. The molecule has 1 fully saturated rings. The second-order valence-corrected chi connectivity index (χ2v) is 8.64. The fraction of sp³-hybridized carbons (Fsp3) is 0.458. The van der Waals surface area contributed by atoms with E-state index >= 15 is 0 Å². The minimum absolute atomic E-state index is 0.0430. The lowest BCUT2D eigenvalue weighted by Crippen LogP contribution is -2.57. The maximum absolute atomic E-state index is 12.8. The van der Waals surface area contributed by atoms with Gasteiger partial charge in [0.25, 0.3) is 0 Å². The highest BCUT2D eigenvalue weighted by Gasteiger charge is 2.32. The number of hydrogen-bond acceptors (Lipinski definition) is 5. The van der Waals surface area contributed by atoms with Gasteiger partial charge in [-0.25, -0.2) is 0 Å². The third-order valence-electron chi connectivity index (χ3n) is 5.57. The first-order valence-electron chi connectivity index (χ1n) is 10.9. The number of likely N-dealkylation sites (tertiary alicyclic amines) is 1. The van der Waals surface area contributed by atoms with Crippen LogP contribution in [0.25, 0.3) is 11.3 Å². The van der Waals surface area contributed by atoms with Crippen LogP contribution in [0.15, 0.2) is 48.7 Å². The number of benzene rings is 1. The van der Waals surface area contributed by atoms with Crippen molar-refractivity contribution >= 4 is 11.8 Å². The molecule has 1 aromatic carbocycles. The van der Waals surface area contributed by atoms with E-state index in [2.05, 4.69) is 10.3 Å². The highest BCUT2D eigenvalue weighted by molar-refractivity contribution is 5.82. The van der Waals surface area contributed by atoms with E-state index in [1.54, 1.807) is 11.1 Å². The molecule has 2 amide bonds. The summed E-state index contributed by atoms with van der Waals surface area (Å²) >= 11 is 0. The highest BCUT2D eigenvalue weighted by Crippen LogP contribution is 2.19. The Morgan fingerprint density at radius 3 is 2.74 bits per heavy atom. The van der Waals surface area contributed by atoms with Crippen LogP contribution in [0.3, 0.4) is 0 Å². The quantitative estimate of drug-likeness (QED) is 0.627. The number of nitrogens with zero attached hydrogens (tertiary/aromatic N) is 2. The van der Waals surface area contributed by atoms with Crippen molar-refractivity contribution in [3.8, 4) is 11.3 Å². The molecule has 0 aliphatic carbocycles. The maximum Gasteiger partial charge on any atom is 0.237 e. The molecular formula is C24H32N4O3. The molecule has 1 saturated heterocycles. The van der Waals surface area contributed by atoms with Gasteiger partial charge in [0.2, 0.25) is 11.8 Å². The Balaban J connectivity index is 1.55. The molecule has 0 saturated carbocycles. The molecule has 2 aromatic rings. The van der Waals surface area contributed by atoms with Crippen molar-refractivity contribution in [1.82, 2.24) is 15.2 Å². The number of carbonyl (C=O) groups excluding carboxylic acids is 2. The van der Waals surface area contributed by atoms with Crippen molar-refractivity contribution in [2.24, 2.45) is 11.7 Å². The Morgan fingerprint density at radius 1 is 1.26 bits per heavy atom. The molecule has 1 aromatic heterocycles. The standard InChI is InChI=1S/C24H32N4O3/c1-16(2)12-19(25)24(31)27-21-9-11-28(15-22(21)29)23(30)14-17-6-5-7-18(13-17)20-8-3-4-10-26-20/h3-8,10,13,16,19,21-22,29H,9,11-12,14-15,25H2,1-2H3,(H,27,31)/t19-,21?,22?/m0/s1. The summed E-state index contributed by atoms with van der Waals surface area (Å²) in [5.41, 5.74) is 8.66. The number of aromatic nitrogens is 1. The van der Waals surface area contributed by atoms with Crippen molar-refractivity contribution in [3.63, 3.8) is 0 Å². The van der Waals surface area contributed by atoms with Crippen LogP contribution >= 0.6 is 0 Å². The second-order valence-electron chi connectivity index (χ2n) is 8.64. The van der Waals surface area contributed by atoms with E-state index in [4.69, 9.17) is 5.73 Å². The largest absolute Gasteiger partial charge is 0.389 e. The Kier molecular flexibility index (Phi) is 7.76. The first-order chi connectivity index (χ1) is 14.8. The fourth-order valence-electron chi connectivity index (χ4n) is 3.89. The predicted octanol–water partition coefficient (Wildman–Crippen LogP) is 1.74. The van der Waals surface area contributed by atoms with E-state index in [0.29, 0.717) is 25.3 Å². The van der Waals surface area contributed by atoms with Gasteiger partial charge in [0.05, 0.1) is 30.3 Å². The first kappa shape index (κ1) is 22.9. The second kappa shape index (κ2) is 10.5. The fourth-order valence-corrected chi connectivity index (χ4v) is 3.89. The lowest BCUT2D eigenvalue weighted by atomic mass is 9.98. The van der Waals surface area contributed by atoms with Gasteiger partial charge in [-0.2, -0.15) is 0 Å². The van der Waals surface area contributed by atoms with Gasteiger partial charge in [-0.15, -0.1) is 0 Å². The summed E-state index contributed by atoms with van der Waals surface area (Å²) in [5.74, 6) is 0.0312. The van der Waals surface area contributed by atoms with Gasteiger partial charge in [-0.05, 0) is 42.5 Å². The Bertz CT molecular complexity index is 887. The molecule has 0 radical (unpaired) electrons. The Hall–Kier alpha value is -2.77.